The SMILES string of the molecule is C=CCc1ccc(OCC(=O)Oc2ccc3c4c(c(=O)oc3c2)CCC4)c(OC)c1. The fourth-order valence-electron chi connectivity index (χ4n) is 3.75. The van der Waals surface area contributed by atoms with E-state index in [1.165, 1.54) is 7.11 Å². The van der Waals surface area contributed by atoms with Gasteiger partial charge in [-0.15, -0.1) is 6.58 Å². The van der Waals surface area contributed by atoms with Gasteiger partial charge in [-0.25, -0.2) is 9.59 Å². The number of ether oxygens (including phenoxy) is 3. The van der Waals surface area contributed by atoms with E-state index in [1.54, 1.807) is 24.3 Å². The smallest absolute Gasteiger partial charge is 0.349 e. The van der Waals surface area contributed by atoms with E-state index >= 15 is 0 Å². The number of methoxy groups -OCH3 is 1. The van der Waals surface area contributed by atoms with Crippen molar-refractivity contribution in [3.63, 3.8) is 0 Å². The molecule has 0 spiro atoms. The minimum Gasteiger partial charge on any atom is -0.493 e. The summed E-state index contributed by atoms with van der Waals surface area (Å²) in [5.41, 5.74) is 2.93. The van der Waals surface area contributed by atoms with Gasteiger partial charge in [-0.3, -0.25) is 0 Å². The predicted molar refractivity (Wildman–Crippen MR) is 113 cm³/mol. The first kappa shape index (κ1) is 19.8. The highest BCUT2D eigenvalue weighted by molar-refractivity contribution is 5.84. The summed E-state index contributed by atoms with van der Waals surface area (Å²) in [6, 6.07) is 10.6. The van der Waals surface area contributed by atoms with Gasteiger partial charge in [0.25, 0.3) is 0 Å². The van der Waals surface area contributed by atoms with Gasteiger partial charge in [-0.1, -0.05) is 12.1 Å². The van der Waals surface area contributed by atoms with Crippen molar-refractivity contribution in [1.82, 2.24) is 0 Å². The lowest BCUT2D eigenvalue weighted by molar-refractivity contribution is -0.136. The van der Waals surface area contributed by atoms with Crippen LogP contribution in [0.3, 0.4) is 0 Å². The third kappa shape index (κ3) is 3.94. The highest BCUT2D eigenvalue weighted by Gasteiger charge is 2.20. The molecule has 0 radical (unpaired) electrons. The molecular formula is C24H22O6. The van der Waals surface area contributed by atoms with Gasteiger partial charge in [0.15, 0.2) is 18.1 Å². The van der Waals surface area contributed by atoms with Crippen LogP contribution in [0.2, 0.25) is 0 Å². The molecule has 6 heteroatoms. The maximum Gasteiger partial charge on any atom is 0.349 e. The largest absolute Gasteiger partial charge is 0.493 e. The topological polar surface area (TPSA) is 75.0 Å². The lowest BCUT2D eigenvalue weighted by Crippen LogP contribution is -2.18. The highest BCUT2D eigenvalue weighted by Crippen LogP contribution is 2.30. The second-order valence-electron chi connectivity index (χ2n) is 7.10. The number of fused-ring (bicyclic) bond motifs is 3. The molecule has 0 fully saturated rings. The van der Waals surface area contributed by atoms with E-state index < -0.39 is 5.97 Å². The van der Waals surface area contributed by atoms with E-state index in [1.807, 2.05) is 18.2 Å². The summed E-state index contributed by atoms with van der Waals surface area (Å²) in [5, 5.41) is 0.891. The lowest BCUT2D eigenvalue weighted by Gasteiger charge is -2.12. The molecule has 4 rings (SSSR count). The van der Waals surface area contributed by atoms with Crippen molar-refractivity contribution in [2.24, 2.45) is 0 Å². The number of rotatable bonds is 7. The van der Waals surface area contributed by atoms with Crippen LogP contribution in [-0.2, 0) is 24.1 Å². The fraction of sp³-hybridized carbons (Fsp3) is 0.250. The molecular weight excluding hydrogens is 384 g/mol. The Kier molecular flexibility index (Phi) is 5.57. The van der Waals surface area contributed by atoms with Gasteiger partial charge in [0, 0.05) is 17.0 Å². The Hall–Kier alpha value is -3.54. The number of benzene rings is 2. The monoisotopic (exact) mass is 406 g/mol. The average molecular weight is 406 g/mol. The van der Waals surface area contributed by atoms with Gasteiger partial charge in [-0.05, 0) is 61.1 Å². The third-order valence-corrected chi connectivity index (χ3v) is 5.13. The Morgan fingerprint density at radius 3 is 2.77 bits per heavy atom. The second kappa shape index (κ2) is 8.45. The lowest BCUT2D eigenvalue weighted by atomic mass is 10.1. The molecule has 0 aliphatic heterocycles. The van der Waals surface area contributed by atoms with Crippen LogP contribution in [0.15, 0.2) is 58.3 Å². The van der Waals surface area contributed by atoms with Crippen LogP contribution >= 0.6 is 0 Å². The van der Waals surface area contributed by atoms with Gasteiger partial charge in [0.2, 0.25) is 0 Å². The summed E-state index contributed by atoms with van der Waals surface area (Å²) in [6.45, 7) is 3.43. The maximum atomic E-state index is 12.3. The molecule has 2 aromatic carbocycles. The first-order chi connectivity index (χ1) is 14.6. The fourth-order valence-corrected chi connectivity index (χ4v) is 3.75. The van der Waals surface area contributed by atoms with Crippen molar-refractivity contribution in [2.75, 3.05) is 13.7 Å². The Balaban J connectivity index is 1.45. The van der Waals surface area contributed by atoms with Crippen molar-refractivity contribution < 1.29 is 23.4 Å². The normalized spacial score (nSPS) is 12.4. The minimum absolute atomic E-state index is 0.288. The maximum absolute atomic E-state index is 12.3. The number of carbonyl (C=O) groups excluding carboxylic acids is 1. The molecule has 0 bridgehead atoms. The van der Waals surface area contributed by atoms with Gasteiger partial charge < -0.3 is 18.6 Å². The molecule has 1 aliphatic carbocycles. The van der Waals surface area contributed by atoms with Gasteiger partial charge in [0.05, 0.1) is 7.11 Å². The van der Waals surface area contributed by atoms with Crippen LogP contribution in [-0.4, -0.2) is 19.7 Å². The molecule has 0 saturated heterocycles. The molecule has 1 aliphatic rings. The Morgan fingerprint density at radius 2 is 1.97 bits per heavy atom. The number of aryl methyl sites for hydroxylation is 1. The summed E-state index contributed by atoms with van der Waals surface area (Å²) >= 11 is 0. The van der Waals surface area contributed by atoms with Crippen molar-refractivity contribution in [3.05, 3.63) is 76.2 Å². The van der Waals surface area contributed by atoms with Crippen LogP contribution in [0.1, 0.15) is 23.1 Å². The predicted octanol–water partition coefficient (Wildman–Crippen LogP) is 4.00. The summed E-state index contributed by atoms with van der Waals surface area (Å²) in [4.78, 5) is 24.4. The summed E-state index contributed by atoms with van der Waals surface area (Å²) in [6.07, 6.45) is 5.06. The number of carbonyl (C=O) groups is 1. The average Bonchev–Trinajstić information content (AvgIpc) is 3.23. The van der Waals surface area contributed by atoms with Gasteiger partial charge in [0.1, 0.15) is 11.3 Å². The van der Waals surface area contributed by atoms with Crippen molar-refractivity contribution in [1.29, 1.82) is 0 Å². The van der Waals surface area contributed by atoms with Crippen molar-refractivity contribution in [3.8, 4) is 17.2 Å². The van der Waals surface area contributed by atoms with E-state index in [9.17, 15) is 9.59 Å². The van der Waals surface area contributed by atoms with Gasteiger partial charge in [-0.2, -0.15) is 0 Å². The molecule has 154 valence electrons. The number of hydrogen-bond donors (Lipinski definition) is 0. The molecule has 1 aromatic heterocycles. The number of allylic oxidation sites excluding steroid dienone is 1. The zero-order chi connectivity index (χ0) is 21.1. The van der Waals surface area contributed by atoms with Crippen LogP contribution in [0, 0.1) is 0 Å². The molecule has 6 nitrogen and oxygen atoms in total. The van der Waals surface area contributed by atoms with Crippen LogP contribution < -0.4 is 19.8 Å². The Morgan fingerprint density at radius 1 is 1.13 bits per heavy atom. The molecule has 0 N–H and O–H groups in total. The van der Waals surface area contributed by atoms with E-state index in [4.69, 9.17) is 18.6 Å². The number of hydrogen-bond acceptors (Lipinski definition) is 6. The molecule has 0 atom stereocenters. The minimum atomic E-state index is -0.574. The quantitative estimate of drug-likeness (QED) is 0.256. The Labute approximate surface area is 173 Å². The Bertz CT molecular complexity index is 1170. The molecule has 1 heterocycles. The summed E-state index contributed by atoms with van der Waals surface area (Å²) in [7, 11) is 1.54. The molecule has 30 heavy (non-hydrogen) atoms. The second-order valence-corrected chi connectivity index (χ2v) is 7.10. The van der Waals surface area contributed by atoms with E-state index in [2.05, 4.69) is 6.58 Å². The molecule has 0 amide bonds. The van der Waals surface area contributed by atoms with Crippen LogP contribution in [0.5, 0.6) is 17.2 Å². The standard InChI is InChI=1S/C24H22O6/c1-3-5-15-8-11-20(22(12-15)27-2)28-14-23(25)29-16-9-10-18-17-6-4-7-19(17)24(26)30-21(18)13-16/h3,8-13H,1,4-7,14H2,2H3. The summed E-state index contributed by atoms with van der Waals surface area (Å²) < 4.78 is 21.7. The summed E-state index contributed by atoms with van der Waals surface area (Å²) in [5.74, 6) is 0.700. The highest BCUT2D eigenvalue weighted by atomic mass is 16.6. The first-order valence-electron chi connectivity index (χ1n) is 9.79. The number of esters is 1. The first-order valence-corrected chi connectivity index (χ1v) is 9.79. The molecule has 0 saturated carbocycles. The zero-order valence-corrected chi connectivity index (χ0v) is 16.7. The van der Waals surface area contributed by atoms with Crippen molar-refractivity contribution in [2.45, 2.75) is 25.7 Å². The van der Waals surface area contributed by atoms with E-state index in [0.717, 1.165) is 41.3 Å². The zero-order valence-electron chi connectivity index (χ0n) is 16.7. The van der Waals surface area contributed by atoms with Crippen LogP contribution in [0.4, 0.5) is 0 Å². The van der Waals surface area contributed by atoms with E-state index in [0.29, 0.717) is 29.3 Å². The molecule has 0 unspecified atom stereocenters. The molecule has 3 aromatic rings. The van der Waals surface area contributed by atoms with Gasteiger partial charge >= 0.3 is 11.6 Å². The van der Waals surface area contributed by atoms with Crippen LogP contribution in [0.25, 0.3) is 11.0 Å². The van der Waals surface area contributed by atoms with E-state index in [-0.39, 0.29) is 12.2 Å². The van der Waals surface area contributed by atoms with Crippen molar-refractivity contribution >= 4 is 16.9 Å². The third-order valence-electron chi connectivity index (χ3n) is 5.13.